The SMILES string of the molecule is c1ccc2c(c1)ccc1c2c2ccccc2n1-c1ccc2cc3c4ccccc4n(-c4nc5ccccc5nc4-c4ccc5c(c4)sc4ccccc45)c3cc2c1. The van der Waals surface area contributed by atoms with Crippen LogP contribution in [-0.4, -0.2) is 19.1 Å². The Morgan fingerprint density at radius 2 is 1.05 bits per heavy atom. The molecule has 0 radical (unpaired) electrons. The second kappa shape index (κ2) is 11.6. The molecular weight excluding hydrogens is 713 g/mol. The lowest BCUT2D eigenvalue weighted by molar-refractivity contribution is 1.08. The van der Waals surface area contributed by atoms with Gasteiger partial charge in [0.25, 0.3) is 0 Å². The van der Waals surface area contributed by atoms with Gasteiger partial charge >= 0.3 is 0 Å². The molecule has 264 valence electrons. The zero-order valence-electron chi connectivity index (χ0n) is 30.5. The molecule has 4 aromatic heterocycles. The molecule has 0 aliphatic heterocycles. The summed E-state index contributed by atoms with van der Waals surface area (Å²) < 4.78 is 7.30. The van der Waals surface area contributed by atoms with Crippen molar-refractivity contribution in [3.05, 3.63) is 182 Å². The highest BCUT2D eigenvalue weighted by Gasteiger charge is 2.21. The van der Waals surface area contributed by atoms with Gasteiger partial charge in [0.15, 0.2) is 5.82 Å². The highest BCUT2D eigenvalue weighted by molar-refractivity contribution is 7.25. The van der Waals surface area contributed by atoms with E-state index >= 15 is 0 Å². The van der Waals surface area contributed by atoms with E-state index in [1.54, 1.807) is 0 Å². The molecule has 0 aliphatic rings. The third-order valence-electron chi connectivity index (χ3n) is 11.9. The molecule has 4 heterocycles. The van der Waals surface area contributed by atoms with Gasteiger partial charge in [-0.25, -0.2) is 9.97 Å². The van der Waals surface area contributed by atoms with E-state index in [-0.39, 0.29) is 0 Å². The van der Waals surface area contributed by atoms with Crippen LogP contribution in [-0.2, 0) is 0 Å². The van der Waals surface area contributed by atoms with E-state index in [0.29, 0.717) is 0 Å². The third kappa shape index (κ3) is 4.43. The van der Waals surface area contributed by atoms with Gasteiger partial charge in [-0.15, -0.1) is 11.3 Å². The largest absolute Gasteiger partial charge is 0.309 e. The van der Waals surface area contributed by atoms with E-state index in [1.807, 2.05) is 23.5 Å². The van der Waals surface area contributed by atoms with Gasteiger partial charge in [0.05, 0.1) is 33.1 Å². The first kappa shape index (κ1) is 30.9. The summed E-state index contributed by atoms with van der Waals surface area (Å²) in [6.07, 6.45) is 0. The van der Waals surface area contributed by atoms with E-state index in [9.17, 15) is 0 Å². The first-order valence-corrected chi connectivity index (χ1v) is 20.1. The molecule has 0 aliphatic carbocycles. The van der Waals surface area contributed by atoms with Crippen molar-refractivity contribution in [1.82, 2.24) is 19.1 Å². The van der Waals surface area contributed by atoms with Crippen molar-refractivity contribution in [1.29, 1.82) is 0 Å². The number of hydrogen-bond donors (Lipinski definition) is 0. The fourth-order valence-electron chi connectivity index (χ4n) is 9.30. The molecule has 0 saturated carbocycles. The van der Waals surface area contributed by atoms with Gasteiger partial charge in [-0.1, -0.05) is 115 Å². The summed E-state index contributed by atoms with van der Waals surface area (Å²) in [6, 6.07) is 66.0. The highest BCUT2D eigenvalue weighted by atomic mass is 32.1. The molecule has 0 unspecified atom stereocenters. The molecule has 0 spiro atoms. The molecule has 0 bridgehead atoms. The number of para-hydroxylation sites is 4. The fourth-order valence-corrected chi connectivity index (χ4v) is 10.4. The number of thiophene rings is 1. The topological polar surface area (TPSA) is 35.6 Å². The van der Waals surface area contributed by atoms with E-state index in [1.165, 1.54) is 68.9 Å². The molecule has 5 heteroatoms. The molecule has 0 atom stereocenters. The maximum atomic E-state index is 5.45. The lowest BCUT2D eigenvalue weighted by atomic mass is 10.0. The van der Waals surface area contributed by atoms with Crippen LogP contribution in [0.2, 0.25) is 0 Å². The van der Waals surface area contributed by atoms with Crippen LogP contribution >= 0.6 is 11.3 Å². The van der Waals surface area contributed by atoms with E-state index in [2.05, 4.69) is 179 Å². The molecule has 0 fully saturated rings. The van der Waals surface area contributed by atoms with Crippen LogP contribution < -0.4 is 0 Å². The summed E-state index contributed by atoms with van der Waals surface area (Å²) in [6.45, 7) is 0. The van der Waals surface area contributed by atoms with Gasteiger partial charge in [0.1, 0.15) is 5.69 Å². The van der Waals surface area contributed by atoms with Gasteiger partial charge in [-0.2, -0.15) is 0 Å². The minimum Gasteiger partial charge on any atom is -0.309 e. The minimum absolute atomic E-state index is 0.824. The van der Waals surface area contributed by atoms with Crippen LogP contribution in [0.5, 0.6) is 0 Å². The molecule has 0 amide bonds. The Morgan fingerprint density at radius 3 is 1.93 bits per heavy atom. The molecule has 13 aromatic rings. The first-order valence-electron chi connectivity index (χ1n) is 19.3. The van der Waals surface area contributed by atoms with Crippen molar-refractivity contribution in [3.8, 4) is 22.8 Å². The van der Waals surface area contributed by atoms with Crippen LogP contribution in [0.15, 0.2) is 182 Å². The zero-order chi connectivity index (χ0) is 37.2. The smallest absolute Gasteiger partial charge is 0.165 e. The molecule has 9 aromatic carbocycles. The molecule has 4 nitrogen and oxygen atoms in total. The maximum Gasteiger partial charge on any atom is 0.165 e. The Labute approximate surface area is 330 Å². The van der Waals surface area contributed by atoms with Gasteiger partial charge in [0.2, 0.25) is 0 Å². The minimum atomic E-state index is 0.824. The average Bonchev–Trinajstić information content (AvgIpc) is 3.92. The standard InChI is InChI=1S/C52H30N4S/c1-2-12-36-31(11-1)23-26-46-50(36)40-15-4-9-19-45(40)55(46)35-24-21-32-28-41-37-13-3-8-18-44(37)56(47(41)29-34(32)27-35)52-51(53-42-16-6-7-17-43(42)54-52)33-22-25-39-38-14-5-10-20-48(38)57-49(39)30-33/h1-30H. The number of aromatic nitrogens is 4. The number of fused-ring (bicyclic) bond motifs is 13. The molecule has 57 heavy (non-hydrogen) atoms. The van der Waals surface area contributed by atoms with Crippen molar-refractivity contribution in [2.75, 3.05) is 0 Å². The van der Waals surface area contributed by atoms with Crippen LogP contribution in [0.4, 0.5) is 0 Å². The summed E-state index contributed by atoms with van der Waals surface area (Å²) in [5, 5.41) is 12.4. The zero-order valence-corrected chi connectivity index (χ0v) is 31.3. The monoisotopic (exact) mass is 742 g/mol. The van der Waals surface area contributed by atoms with Gasteiger partial charge in [-0.05, 0) is 88.3 Å². The lowest BCUT2D eigenvalue weighted by Crippen LogP contribution is -2.03. The van der Waals surface area contributed by atoms with Crippen LogP contribution in [0, 0.1) is 0 Å². The van der Waals surface area contributed by atoms with E-state index in [0.717, 1.165) is 50.2 Å². The third-order valence-corrected chi connectivity index (χ3v) is 13.0. The van der Waals surface area contributed by atoms with Crippen LogP contribution in [0.1, 0.15) is 0 Å². The van der Waals surface area contributed by atoms with Crippen molar-refractivity contribution < 1.29 is 0 Å². The van der Waals surface area contributed by atoms with E-state index in [4.69, 9.17) is 9.97 Å². The van der Waals surface area contributed by atoms with Crippen LogP contribution in [0.25, 0.3) is 119 Å². The first-order chi connectivity index (χ1) is 28.2. The fraction of sp³-hybridized carbons (Fsp3) is 0. The highest BCUT2D eigenvalue weighted by Crippen LogP contribution is 2.42. The molecule has 13 rings (SSSR count). The molecular formula is C52H30N4S. The Morgan fingerprint density at radius 1 is 0.368 bits per heavy atom. The predicted molar refractivity (Wildman–Crippen MR) is 242 cm³/mol. The van der Waals surface area contributed by atoms with Gasteiger partial charge < -0.3 is 4.57 Å². The maximum absolute atomic E-state index is 5.45. The Hall–Kier alpha value is -7.34. The predicted octanol–water partition coefficient (Wildman–Crippen LogP) is 14.2. The average molecular weight is 743 g/mol. The summed E-state index contributed by atoms with van der Waals surface area (Å²) in [5.41, 5.74) is 9.40. The van der Waals surface area contributed by atoms with Crippen molar-refractivity contribution in [3.63, 3.8) is 0 Å². The number of rotatable bonds is 3. The normalized spacial score (nSPS) is 12.2. The van der Waals surface area contributed by atoms with Gasteiger partial charge in [-0.3, -0.25) is 4.57 Å². The van der Waals surface area contributed by atoms with Crippen molar-refractivity contribution in [2.24, 2.45) is 0 Å². The quantitative estimate of drug-likeness (QED) is 0.181. The van der Waals surface area contributed by atoms with Crippen molar-refractivity contribution in [2.45, 2.75) is 0 Å². The van der Waals surface area contributed by atoms with Crippen LogP contribution in [0.3, 0.4) is 0 Å². The Kier molecular flexibility index (Phi) is 6.29. The Balaban J connectivity index is 1.09. The number of nitrogens with zero attached hydrogens (tertiary/aromatic N) is 4. The summed E-state index contributed by atoms with van der Waals surface area (Å²) >= 11 is 1.83. The van der Waals surface area contributed by atoms with Gasteiger partial charge in [0, 0.05) is 53.0 Å². The second-order valence-corrected chi connectivity index (χ2v) is 16.1. The second-order valence-electron chi connectivity index (χ2n) is 15.0. The molecule has 0 saturated heterocycles. The summed E-state index contributed by atoms with van der Waals surface area (Å²) in [4.78, 5) is 10.8. The molecule has 0 N–H and O–H groups in total. The summed E-state index contributed by atoms with van der Waals surface area (Å²) in [5.74, 6) is 0.824. The van der Waals surface area contributed by atoms with E-state index < -0.39 is 0 Å². The van der Waals surface area contributed by atoms with Crippen molar-refractivity contribution >= 4 is 108 Å². The lowest BCUT2D eigenvalue weighted by Gasteiger charge is -2.14. The number of hydrogen-bond acceptors (Lipinski definition) is 3. The Bertz CT molecular complexity index is 3830. The summed E-state index contributed by atoms with van der Waals surface area (Å²) in [7, 11) is 0. The number of benzene rings is 9.